The molecule has 0 radical (unpaired) electrons. The highest BCUT2D eigenvalue weighted by molar-refractivity contribution is 6.34. The van der Waals surface area contributed by atoms with E-state index in [9.17, 15) is 4.79 Å². The van der Waals surface area contributed by atoms with E-state index in [1.54, 1.807) is 24.5 Å². The van der Waals surface area contributed by atoms with E-state index in [4.69, 9.17) is 16.3 Å². The van der Waals surface area contributed by atoms with Crippen LogP contribution < -0.4 is 0 Å². The number of aryl methyl sites for hydroxylation is 2. The molecule has 0 aliphatic rings. The van der Waals surface area contributed by atoms with Crippen LogP contribution in [0.2, 0.25) is 5.15 Å². The average molecular weight is 393 g/mol. The predicted molar refractivity (Wildman–Crippen MR) is 107 cm³/mol. The highest BCUT2D eigenvalue weighted by Crippen LogP contribution is 2.27. The summed E-state index contributed by atoms with van der Waals surface area (Å²) < 4.78 is 6.62. The fourth-order valence-corrected chi connectivity index (χ4v) is 3.28. The smallest absolute Gasteiger partial charge is 0.337 e. The lowest BCUT2D eigenvalue weighted by molar-refractivity contribution is 0.0600. The lowest BCUT2D eigenvalue weighted by Crippen LogP contribution is -2.03. The number of halogens is 1. The molecular formula is C21H17ClN4O2. The van der Waals surface area contributed by atoms with E-state index in [-0.39, 0.29) is 0 Å². The summed E-state index contributed by atoms with van der Waals surface area (Å²) in [7, 11) is 1.34. The molecule has 0 aliphatic carbocycles. The number of carbonyl (C=O) groups is 1. The van der Waals surface area contributed by atoms with Gasteiger partial charge in [-0.2, -0.15) is 5.10 Å². The highest BCUT2D eigenvalue weighted by Gasteiger charge is 2.13. The van der Waals surface area contributed by atoms with Crippen molar-refractivity contribution in [1.82, 2.24) is 19.7 Å². The molecule has 0 saturated carbocycles. The van der Waals surface area contributed by atoms with Crippen molar-refractivity contribution in [2.45, 2.75) is 13.0 Å². The van der Waals surface area contributed by atoms with Gasteiger partial charge in [0.1, 0.15) is 0 Å². The fourth-order valence-electron chi connectivity index (χ4n) is 3.04. The summed E-state index contributed by atoms with van der Waals surface area (Å²) in [5.41, 5.74) is 3.68. The first-order valence-electron chi connectivity index (χ1n) is 8.76. The zero-order valence-electron chi connectivity index (χ0n) is 15.2. The maximum atomic E-state index is 11.8. The van der Waals surface area contributed by atoms with Gasteiger partial charge in [0.15, 0.2) is 5.15 Å². The summed E-state index contributed by atoms with van der Waals surface area (Å²) in [5, 5.41) is 5.66. The fraction of sp³-hybridized carbons (Fsp3) is 0.143. The third-order valence-electron chi connectivity index (χ3n) is 4.49. The Morgan fingerprint density at radius 1 is 1.11 bits per heavy atom. The maximum absolute atomic E-state index is 11.8. The van der Waals surface area contributed by atoms with Crippen molar-refractivity contribution in [3.05, 3.63) is 77.2 Å². The molecule has 3 aromatic heterocycles. The number of carbonyl (C=O) groups excluding carboxylic acids is 1. The second kappa shape index (κ2) is 7.78. The van der Waals surface area contributed by atoms with E-state index in [1.807, 2.05) is 28.9 Å². The van der Waals surface area contributed by atoms with E-state index in [0.717, 1.165) is 17.3 Å². The molecule has 28 heavy (non-hydrogen) atoms. The molecule has 0 bridgehead atoms. The van der Waals surface area contributed by atoms with E-state index in [1.165, 1.54) is 12.7 Å². The van der Waals surface area contributed by atoms with Crippen molar-refractivity contribution in [3.63, 3.8) is 0 Å². The summed E-state index contributed by atoms with van der Waals surface area (Å²) in [5.74, 6) is -0.420. The summed E-state index contributed by atoms with van der Waals surface area (Å²) in [6, 6.07) is 15.3. The molecule has 4 rings (SSSR count). The number of aromatic nitrogens is 4. The molecule has 0 amide bonds. The molecule has 0 unspecified atom stereocenters. The highest BCUT2D eigenvalue weighted by atomic mass is 35.5. The molecule has 1 aromatic carbocycles. The monoisotopic (exact) mass is 392 g/mol. The quantitative estimate of drug-likeness (QED) is 0.476. The first-order chi connectivity index (χ1) is 13.7. The van der Waals surface area contributed by atoms with E-state index < -0.39 is 5.97 Å². The first-order valence-corrected chi connectivity index (χ1v) is 9.14. The second-order valence-electron chi connectivity index (χ2n) is 6.26. The summed E-state index contributed by atoms with van der Waals surface area (Å²) >= 11 is 6.37. The van der Waals surface area contributed by atoms with E-state index >= 15 is 0 Å². The molecule has 4 aromatic rings. The van der Waals surface area contributed by atoms with Crippen LogP contribution in [0.15, 0.2) is 60.9 Å². The maximum Gasteiger partial charge on any atom is 0.337 e. The van der Waals surface area contributed by atoms with Crippen LogP contribution in [0.5, 0.6) is 0 Å². The zero-order chi connectivity index (χ0) is 19.5. The Bertz CT molecular complexity index is 1140. The predicted octanol–water partition coefficient (Wildman–Crippen LogP) is 4.18. The number of hydrogen-bond acceptors (Lipinski definition) is 5. The lowest BCUT2D eigenvalue weighted by atomic mass is 10.1. The number of fused-ring (bicyclic) bond motifs is 1. The van der Waals surface area contributed by atoms with Gasteiger partial charge in [-0.1, -0.05) is 41.9 Å². The molecule has 0 fully saturated rings. The van der Waals surface area contributed by atoms with Gasteiger partial charge in [0.25, 0.3) is 0 Å². The molecule has 3 heterocycles. The van der Waals surface area contributed by atoms with Crippen molar-refractivity contribution >= 4 is 28.5 Å². The number of methoxy groups -OCH3 is 1. The number of ether oxygens (including phenoxy) is 1. The summed E-state index contributed by atoms with van der Waals surface area (Å²) in [6.45, 7) is 0.699. The molecule has 0 aliphatic heterocycles. The molecule has 0 saturated heterocycles. The lowest BCUT2D eigenvalue weighted by Gasteiger charge is -2.05. The summed E-state index contributed by atoms with van der Waals surface area (Å²) in [4.78, 5) is 20.6. The third-order valence-corrected chi connectivity index (χ3v) is 4.77. The number of pyridine rings is 2. The van der Waals surface area contributed by atoms with Gasteiger partial charge in [-0.15, -0.1) is 0 Å². The first kappa shape index (κ1) is 18.1. The average Bonchev–Trinajstić information content (AvgIpc) is 3.07. The molecule has 0 spiro atoms. The molecule has 0 atom stereocenters. The summed E-state index contributed by atoms with van der Waals surface area (Å²) in [6.07, 6.45) is 4.14. The second-order valence-corrected chi connectivity index (χ2v) is 6.62. The SMILES string of the molecule is COC(=O)c1ccnc(-c2cc3c(Cl)nn(CCc4ccccc4)c3cn2)c1. The largest absolute Gasteiger partial charge is 0.465 e. The molecule has 6 nitrogen and oxygen atoms in total. The van der Waals surface area contributed by atoms with Crippen LogP contribution in [-0.2, 0) is 17.7 Å². The number of benzene rings is 1. The van der Waals surface area contributed by atoms with Crippen molar-refractivity contribution in [3.8, 4) is 11.4 Å². The van der Waals surface area contributed by atoms with Crippen molar-refractivity contribution in [2.24, 2.45) is 0 Å². The van der Waals surface area contributed by atoms with Gasteiger partial charge in [-0.3, -0.25) is 14.6 Å². The minimum Gasteiger partial charge on any atom is -0.465 e. The van der Waals surface area contributed by atoms with Crippen molar-refractivity contribution in [2.75, 3.05) is 7.11 Å². The van der Waals surface area contributed by atoms with Gasteiger partial charge in [-0.05, 0) is 30.2 Å². The van der Waals surface area contributed by atoms with Crippen LogP contribution >= 0.6 is 11.6 Å². The van der Waals surface area contributed by atoms with Gasteiger partial charge in [-0.25, -0.2) is 4.79 Å². The van der Waals surface area contributed by atoms with Crippen LogP contribution in [0, 0.1) is 0 Å². The minimum atomic E-state index is -0.420. The van der Waals surface area contributed by atoms with Crippen LogP contribution in [0.4, 0.5) is 0 Å². The minimum absolute atomic E-state index is 0.413. The van der Waals surface area contributed by atoms with Crippen LogP contribution in [0.3, 0.4) is 0 Å². The Kier molecular flexibility index (Phi) is 5.04. The molecule has 0 N–H and O–H groups in total. The molecule has 7 heteroatoms. The number of hydrogen-bond donors (Lipinski definition) is 0. The standard InChI is InChI=1S/C21H17ClN4O2/c1-28-21(27)15-7-9-23-17(11-15)18-12-16-19(13-24-18)26(25-20(16)22)10-8-14-5-3-2-4-6-14/h2-7,9,11-13H,8,10H2,1H3. The molecule has 140 valence electrons. The van der Waals surface area contributed by atoms with Crippen LogP contribution in [0.25, 0.3) is 22.3 Å². The Morgan fingerprint density at radius 2 is 1.89 bits per heavy atom. The zero-order valence-corrected chi connectivity index (χ0v) is 15.9. The Hall–Kier alpha value is -3.25. The van der Waals surface area contributed by atoms with Crippen LogP contribution in [-0.4, -0.2) is 32.8 Å². The Balaban J connectivity index is 1.65. The number of esters is 1. The third kappa shape index (κ3) is 3.59. The van der Waals surface area contributed by atoms with Gasteiger partial charge in [0.05, 0.1) is 35.8 Å². The van der Waals surface area contributed by atoms with Gasteiger partial charge < -0.3 is 4.74 Å². The Labute approximate surface area is 166 Å². The van der Waals surface area contributed by atoms with Gasteiger partial charge in [0, 0.05) is 18.1 Å². The van der Waals surface area contributed by atoms with E-state index in [0.29, 0.717) is 28.6 Å². The van der Waals surface area contributed by atoms with E-state index in [2.05, 4.69) is 27.2 Å². The molecular weight excluding hydrogens is 376 g/mol. The Morgan fingerprint density at radius 3 is 2.68 bits per heavy atom. The van der Waals surface area contributed by atoms with Gasteiger partial charge in [0.2, 0.25) is 0 Å². The van der Waals surface area contributed by atoms with Crippen LogP contribution in [0.1, 0.15) is 15.9 Å². The van der Waals surface area contributed by atoms with Crippen molar-refractivity contribution in [1.29, 1.82) is 0 Å². The normalized spacial score (nSPS) is 10.9. The topological polar surface area (TPSA) is 69.9 Å². The number of nitrogens with zero attached hydrogens (tertiary/aromatic N) is 4. The van der Waals surface area contributed by atoms with Gasteiger partial charge >= 0.3 is 5.97 Å². The number of rotatable bonds is 5. The van der Waals surface area contributed by atoms with Crippen molar-refractivity contribution < 1.29 is 9.53 Å².